The van der Waals surface area contributed by atoms with Gasteiger partial charge in [-0.15, -0.1) is 0 Å². The van der Waals surface area contributed by atoms with Crippen molar-refractivity contribution in [2.75, 3.05) is 66.1 Å². The number of carbonyl (C=O) groups excluding carboxylic acids is 1. The molecule has 0 aromatic heterocycles. The third kappa shape index (κ3) is 19.4. The molecule has 14 atom stereocenters. The Labute approximate surface area is 636 Å². The van der Waals surface area contributed by atoms with Gasteiger partial charge in [-0.3, -0.25) is 8.98 Å². The van der Waals surface area contributed by atoms with E-state index in [1.54, 1.807) is 0 Å². The number of esters is 1. The lowest BCUT2D eigenvalue weighted by atomic mass is 9.53. The molecular formula is C87H158O16S. The molecule has 10 heterocycles. The molecule has 104 heavy (non-hydrogen) atoms. The number of hydrogen-bond acceptors (Lipinski definition) is 16. The lowest BCUT2D eigenvalue weighted by Crippen LogP contribution is -2.60. The molecule has 16 nitrogen and oxygen atoms in total. The van der Waals surface area contributed by atoms with Gasteiger partial charge in [0.25, 0.3) is 10.1 Å². The molecule has 15 aliphatic carbocycles. The second-order valence-corrected chi connectivity index (χ2v) is 37.1. The molecule has 25 aliphatic rings. The zero-order valence-electron chi connectivity index (χ0n) is 58.9. The van der Waals surface area contributed by atoms with Gasteiger partial charge in [-0.25, -0.2) is 0 Å². The molecule has 0 aromatic rings. The largest absolute Gasteiger partial charge is 0.459 e. The lowest BCUT2D eigenvalue weighted by Gasteiger charge is -2.60. The summed E-state index contributed by atoms with van der Waals surface area (Å²) in [5.74, 6) is 11.3. The standard InChI is InChI=1S/C15H24O2.C14H22O2.C11H20O2.C10H18O2.C8H12O.C7H10O3S.C7H8O3.C7H12O.8CH4/c1-2-4-16-15(17-5-3-1)13-7-11-6-12(9-13)10-14(15)8-11;1-2-4-16-14(15-3-1)12-6-10-5-11(8-12)9-13(14)7-10;1-3-7-11(8-4-1)12-9-5-2-6-10-13-11;1-2-6-10(7-3-1)11-8-4-5-9-12-10;1-5-2-7-6(1)4-9-8(7)3-5;8-11(9)7-3-4-1-5(7)6(2-4)10-11;8-7-4-1-3-2-5(10-7)6(4)9-3;1-2-6-4-7(3-1)8-5-6;;;;;;;;/h11-14H,1-10H2;10-13H,1-9H2;1-10H2;1-9H2;5-8H,1-4H2;4-7H,1-3H2;3-6H,1-2H2;6-7H,1-5H2;8*1H4. The summed E-state index contributed by atoms with van der Waals surface area (Å²) >= 11 is 0. The number of carbonyl (C=O) groups is 1. The first-order chi connectivity index (χ1) is 47.0. The molecule has 25 rings (SSSR count). The molecule has 14 unspecified atom stereocenters. The van der Waals surface area contributed by atoms with Gasteiger partial charge in [0, 0.05) is 68.3 Å². The highest BCUT2D eigenvalue weighted by Crippen LogP contribution is 2.62. The Balaban J connectivity index is 0.000000150. The van der Waals surface area contributed by atoms with Crippen LogP contribution in [0.15, 0.2) is 0 Å². The summed E-state index contributed by atoms with van der Waals surface area (Å²) in [6.07, 6.45) is 55.2. The van der Waals surface area contributed by atoms with E-state index < -0.39 is 10.1 Å². The fourth-order valence-corrected chi connectivity index (χ4v) is 26.7. The predicted octanol–water partition coefficient (Wildman–Crippen LogP) is 20.4. The summed E-state index contributed by atoms with van der Waals surface area (Å²) < 4.78 is 97.7. The van der Waals surface area contributed by atoms with Crippen molar-refractivity contribution in [3.63, 3.8) is 0 Å². The molecule has 0 aromatic carbocycles. The van der Waals surface area contributed by atoms with E-state index in [2.05, 4.69) is 0 Å². The molecular weight excluding hydrogens is 1330 g/mol. The average molecular weight is 1490 g/mol. The molecule has 4 spiro atoms. The molecule has 0 radical (unpaired) electrons. The third-order valence-corrected chi connectivity index (χ3v) is 30.7. The van der Waals surface area contributed by atoms with Crippen molar-refractivity contribution in [2.24, 2.45) is 88.8 Å². The number of ether oxygens (including phenoxy) is 12. The van der Waals surface area contributed by atoms with Gasteiger partial charge in [-0.1, -0.05) is 78.7 Å². The monoisotopic (exact) mass is 1490 g/mol. The normalized spacial score (nSPS) is 42.8. The van der Waals surface area contributed by atoms with Crippen LogP contribution in [0.1, 0.15) is 329 Å². The van der Waals surface area contributed by atoms with Gasteiger partial charge in [0.1, 0.15) is 12.2 Å². The highest BCUT2D eigenvalue weighted by atomic mass is 32.2. The summed E-state index contributed by atoms with van der Waals surface area (Å²) in [6.45, 7) is 9.49. The van der Waals surface area contributed by atoms with Crippen LogP contribution >= 0.6 is 0 Å². The Bertz CT molecular complexity index is 2510. The second-order valence-electron chi connectivity index (χ2n) is 35.4. The molecule has 17 heteroatoms. The fraction of sp³-hybridized carbons (Fsp3) is 0.989. The van der Waals surface area contributed by atoms with Crippen molar-refractivity contribution >= 4 is 16.1 Å². The van der Waals surface area contributed by atoms with Gasteiger partial charge >= 0.3 is 5.97 Å². The van der Waals surface area contributed by atoms with E-state index >= 15 is 0 Å². The predicted molar refractivity (Wildman–Crippen MR) is 414 cm³/mol. The topological polar surface area (TPSA) is 171 Å². The molecule has 25 fully saturated rings. The summed E-state index contributed by atoms with van der Waals surface area (Å²) in [5, 5.41) is -0.133. The molecule has 15 saturated carbocycles. The van der Waals surface area contributed by atoms with Crippen molar-refractivity contribution in [2.45, 2.75) is 394 Å². The number of fused-ring (bicyclic) bond motifs is 5. The summed E-state index contributed by atoms with van der Waals surface area (Å²) in [7, 11) is -3.13. The second kappa shape index (κ2) is 39.1. The van der Waals surface area contributed by atoms with Crippen LogP contribution in [0, 0.1) is 88.8 Å². The Kier molecular flexibility index (Phi) is 33.3. The van der Waals surface area contributed by atoms with Gasteiger partial charge < -0.3 is 56.8 Å². The minimum atomic E-state index is -3.13. The zero-order valence-corrected chi connectivity index (χ0v) is 59.7. The number of hydrogen-bond donors (Lipinski definition) is 0. The van der Waals surface area contributed by atoms with E-state index in [9.17, 15) is 13.2 Å². The Morgan fingerprint density at radius 2 is 0.750 bits per heavy atom. The Morgan fingerprint density at radius 3 is 1.13 bits per heavy atom. The Hall–Kier alpha value is -1.06. The van der Waals surface area contributed by atoms with Crippen LogP contribution in [0.5, 0.6) is 0 Å². The van der Waals surface area contributed by atoms with Crippen molar-refractivity contribution in [1.82, 2.24) is 0 Å². The van der Waals surface area contributed by atoms with E-state index in [1.165, 1.54) is 212 Å². The van der Waals surface area contributed by atoms with Crippen molar-refractivity contribution < 1.29 is 74.2 Å². The minimum Gasteiger partial charge on any atom is -0.459 e. The molecule has 16 bridgehead atoms. The van der Waals surface area contributed by atoms with E-state index in [0.29, 0.717) is 30.1 Å². The van der Waals surface area contributed by atoms with Crippen LogP contribution in [0.3, 0.4) is 0 Å². The van der Waals surface area contributed by atoms with Crippen molar-refractivity contribution in [3.05, 3.63) is 0 Å². The molecule has 10 aliphatic heterocycles. The first-order valence-electron chi connectivity index (χ1n) is 41.1. The molecule has 0 N–H and O–H groups in total. The van der Waals surface area contributed by atoms with Crippen molar-refractivity contribution in [3.8, 4) is 0 Å². The van der Waals surface area contributed by atoms with Crippen LogP contribution in [0.4, 0.5) is 0 Å². The maximum Gasteiger partial charge on any atom is 0.312 e. The van der Waals surface area contributed by atoms with Crippen LogP contribution in [-0.4, -0.2) is 145 Å². The van der Waals surface area contributed by atoms with Crippen LogP contribution in [-0.2, 0) is 75.9 Å². The van der Waals surface area contributed by atoms with Crippen LogP contribution < -0.4 is 0 Å². The summed E-state index contributed by atoms with van der Waals surface area (Å²) in [4.78, 5) is 11.0. The van der Waals surface area contributed by atoms with E-state index in [0.717, 1.165) is 195 Å². The lowest BCUT2D eigenvalue weighted by molar-refractivity contribution is -0.342. The molecule has 0 amide bonds. The van der Waals surface area contributed by atoms with Crippen LogP contribution in [0.2, 0.25) is 0 Å². The van der Waals surface area contributed by atoms with Crippen molar-refractivity contribution in [1.29, 1.82) is 0 Å². The van der Waals surface area contributed by atoms with Crippen LogP contribution in [0.25, 0.3) is 0 Å². The third-order valence-electron chi connectivity index (χ3n) is 28.9. The maximum atomic E-state index is 11.3. The summed E-state index contributed by atoms with van der Waals surface area (Å²) in [5.41, 5.74) is 0. The quantitative estimate of drug-likeness (QED) is 0.166. The SMILES string of the molecule is C.C.C.C.C.C.C.C.C1CC2COC(C1)C2.C1CCC2(CC1)OCCCCO2.C1CCOC2(CCCCC2)OCC1.C1CCOC2(OC1)C1CC3CC(C1)CC2C3.C1CCOC2(OCC1)C1CC3CC(C1)CC2C3.C1OC2CC3CC1C2C3.O=C1OC2CC3CC1C2O3.O=S1(=O)OC2CC3CC2C1C3. The first kappa shape index (κ1) is 88.5. The summed E-state index contributed by atoms with van der Waals surface area (Å²) in [6, 6.07) is 0. The first-order valence-corrected chi connectivity index (χ1v) is 42.6. The highest BCUT2D eigenvalue weighted by molar-refractivity contribution is 7.87. The molecule has 608 valence electrons. The van der Waals surface area contributed by atoms with Gasteiger partial charge in [-0.2, -0.15) is 8.42 Å². The average Bonchev–Trinajstić information content (AvgIpc) is 1.39. The van der Waals surface area contributed by atoms with Gasteiger partial charge in [-0.05, 0) is 272 Å². The fourth-order valence-electron chi connectivity index (χ4n) is 24.7. The van der Waals surface area contributed by atoms with Gasteiger partial charge in [0.05, 0.1) is 95.0 Å². The van der Waals surface area contributed by atoms with Gasteiger partial charge in [0.15, 0.2) is 23.1 Å². The van der Waals surface area contributed by atoms with Gasteiger partial charge in [0.2, 0.25) is 0 Å². The maximum absolute atomic E-state index is 11.3. The zero-order chi connectivity index (χ0) is 64.7. The smallest absolute Gasteiger partial charge is 0.312 e. The number of rotatable bonds is 0. The van der Waals surface area contributed by atoms with E-state index in [-0.39, 0.29) is 118 Å². The van der Waals surface area contributed by atoms with E-state index in [4.69, 9.17) is 61.0 Å². The minimum absolute atomic E-state index is 0. The van der Waals surface area contributed by atoms with E-state index in [1.807, 2.05) is 0 Å². The highest BCUT2D eigenvalue weighted by Gasteiger charge is 2.63. The Morgan fingerprint density at radius 1 is 0.327 bits per heavy atom. The molecule has 10 saturated heterocycles.